The number of thiophene rings is 1. The predicted octanol–water partition coefficient (Wildman–Crippen LogP) is 3.62. The molecule has 1 atom stereocenters. The molecular weight excluding hydrogens is 328 g/mol. The first-order valence-electron chi connectivity index (χ1n) is 6.12. The van der Waals surface area contributed by atoms with Gasteiger partial charge in [0.2, 0.25) is 10.0 Å². The summed E-state index contributed by atoms with van der Waals surface area (Å²) in [7, 11) is -3.64. The van der Waals surface area contributed by atoms with Gasteiger partial charge in [0, 0.05) is 4.88 Å². The van der Waals surface area contributed by atoms with Crippen LogP contribution in [0.3, 0.4) is 0 Å². The van der Waals surface area contributed by atoms with Gasteiger partial charge in [0.05, 0.1) is 26.9 Å². The smallest absolute Gasteiger partial charge is 0.207 e. The first-order chi connectivity index (χ1) is 9.83. The highest BCUT2D eigenvalue weighted by Crippen LogP contribution is 2.28. The second-order valence-corrected chi connectivity index (χ2v) is 8.03. The van der Waals surface area contributed by atoms with E-state index in [0.717, 1.165) is 4.88 Å². The summed E-state index contributed by atoms with van der Waals surface area (Å²) in [5.41, 5.74) is 1.10. The number of sulfonamides is 1. The minimum atomic E-state index is -3.64. The van der Waals surface area contributed by atoms with E-state index >= 15 is 0 Å². The lowest BCUT2D eigenvalue weighted by Gasteiger charge is -2.13. The van der Waals surface area contributed by atoms with Gasteiger partial charge in [0.1, 0.15) is 0 Å². The molecule has 1 heterocycles. The van der Waals surface area contributed by atoms with Crippen LogP contribution in [-0.4, -0.2) is 8.42 Å². The SMILES string of the molecule is Cc1cc(S(=O)(=O)NC(C)c2ccc(Cl)s2)ccc1C#N. The average molecular weight is 341 g/mol. The lowest BCUT2D eigenvalue weighted by atomic mass is 10.1. The van der Waals surface area contributed by atoms with Gasteiger partial charge in [-0.1, -0.05) is 11.6 Å². The zero-order valence-electron chi connectivity index (χ0n) is 11.4. The fraction of sp³-hybridized carbons (Fsp3) is 0.214. The minimum absolute atomic E-state index is 0.147. The first-order valence-corrected chi connectivity index (χ1v) is 8.79. The molecule has 0 radical (unpaired) electrons. The van der Waals surface area contributed by atoms with Crippen LogP contribution in [0.1, 0.15) is 29.0 Å². The Kier molecular flexibility index (Phi) is 4.69. The Bertz CT molecular complexity index is 807. The summed E-state index contributed by atoms with van der Waals surface area (Å²) in [5.74, 6) is 0. The predicted molar refractivity (Wildman–Crippen MR) is 84.0 cm³/mol. The molecule has 1 aromatic heterocycles. The van der Waals surface area contributed by atoms with Crippen molar-refractivity contribution in [2.75, 3.05) is 0 Å². The number of halogens is 1. The van der Waals surface area contributed by atoms with Gasteiger partial charge >= 0.3 is 0 Å². The fourth-order valence-corrected chi connectivity index (χ4v) is 4.29. The molecule has 0 fully saturated rings. The maximum Gasteiger partial charge on any atom is 0.241 e. The van der Waals surface area contributed by atoms with Crippen molar-refractivity contribution in [3.8, 4) is 6.07 Å². The molecule has 0 aliphatic rings. The number of nitrogens with zero attached hydrogens (tertiary/aromatic N) is 1. The Hall–Kier alpha value is -1.39. The van der Waals surface area contributed by atoms with Crippen molar-refractivity contribution in [1.82, 2.24) is 4.72 Å². The van der Waals surface area contributed by atoms with Crippen molar-refractivity contribution in [1.29, 1.82) is 5.26 Å². The molecule has 0 saturated carbocycles. The Labute approximate surface area is 133 Å². The fourth-order valence-electron chi connectivity index (χ4n) is 1.85. The number of nitrogens with one attached hydrogen (secondary N) is 1. The van der Waals surface area contributed by atoms with Gasteiger partial charge in [0.25, 0.3) is 0 Å². The van der Waals surface area contributed by atoms with Crippen LogP contribution in [0.5, 0.6) is 0 Å². The number of hydrogen-bond donors (Lipinski definition) is 1. The van der Waals surface area contributed by atoms with Gasteiger partial charge in [-0.3, -0.25) is 0 Å². The third kappa shape index (κ3) is 3.63. The van der Waals surface area contributed by atoms with Crippen molar-refractivity contribution >= 4 is 33.0 Å². The zero-order chi connectivity index (χ0) is 15.6. The van der Waals surface area contributed by atoms with Crippen molar-refractivity contribution in [2.45, 2.75) is 24.8 Å². The normalized spacial score (nSPS) is 12.9. The van der Waals surface area contributed by atoms with E-state index in [2.05, 4.69) is 4.72 Å². The van der Waals surface area contributed by atoms with Gasteiger partial charge in [-0.05, 0) is 49.7 Å². The molecule has 0 aliphatic carbocycles. The number of nitriles is 1. The van der Waals surface area contributed by atoms with Crippen LogP contribution in [0.15, 0.2) is 35.2 Å². The summed E-state index contributed by atoms with van der Waals surface area (Å²) < 4.78 is 27.9. The van der Waals surface area contributed by atoms with Crippen LogP contribution < -0.4 is 4.72 Å². The third-order valence-corrected chi connectivity index (χ3v) is 5.93. The number of rotatable bonds is 4. The minimum Gasteiger partial charge on any atom is -0.207 e. The Balaban J connectivity index is 2.26. The molecule has 0 bridgehead atoms. The van der Waals surface area contributed by atoms with E-state index in [1.165, 1.54) is 29.5 Å². The molecule has 110 valence electrons. The van der Waals surface area contributed by atoms with Crippen molar-refractivity contribution in [2.24, 2.45) is 0 Å². The first kappa shape index (κ1) is 16.0. The van der Waals surface area contributed by atoms with E-state index < -0.39 is 10.0 Å². The summed E-state index contributed by atoms with van der Waals surface area (Å²) >= 11 is 7.19. The summed E-state index contributed by atoms with van der Waals surface area (Å²) in [6.07, 6.45) is 0. The lowest BCUT2D eigenvalue weighted by molar-refractivity contribution is 0.568. The number of aryl methyl sites for hydroxylation is 1. The van der Waals surface area contributed by atoms with Crippen LogP contribution in [-0.2, 0) is 10.0 Å². The van der Waals surface area contributed by atoms with Crippen LogP contribution >= 0.6 is 22.9 Å². The largest absolute Gasteiger partial charge is 0.241 e. The van der Waals surface area contributed by atoms with E-state index in [4.69, 9.17) is 16.9 Å². The monoisotopic (exact) mass is 340 g/mol. The molecule has 2 rings (SSSR count). The summed E-state index contributed by atoms with van der Waals surface area (Å²) in [5, 5.41) is 8.88. The molecule has 1 aromatic carbocycles. The summed E-state index contributed by atoms with van der Waals surface area (Å²) in [4.78, 5) is 0.988. The topological polar surface area (TPSA) is 70.0 Å². The van der Waals surface area contributed by atoms with Gasteiger partial charge in [-0.25, -0.2) is 13.1 Å². The maximum absolute atomic E-state index is 12.4. The van der Waals surface area contributed by atoms with E-state index in [1.54, 1.807) is 26.0 Å². The number of benzene rings is 1. The van der Waals surface area contributed by atoms with Crippen molar-refractivity contribution in [3.63, 3.8) is 0 Å². The molecule has 0 spiro atoms. The second-order valence-electron chi connectivity index (χ2n) is 4.57. The zero-order valence-corrected chi connectivity index (χ0v) is 13.8. The van der Waals surface area contributed by atoms with Crippen LogP contribution in [0.4, 0.5) is 0 Å². The summed E-state index contributed by atoms with van der Waals surface area (Å²) in [6, 6.07) is 9.61. The van der Waals surface area contributed by atoms with Crippen LogP contribution in [0.2, 0.25) is 4.34 Å². The van der Waals surface area contributed by atoms with Gasteiger partial charge < -0.3 is 0 Å². The quantitative estimate of drug-likeness (QED) is 0.924. The number of hydrogen-bond acceptors (Lipinski definition) is 4. The van der Waals surface area contributed by atoms with E-state index in [1.807, 2.05) is 6.07 Å². The Morgan fingerprint density at radius 3 is 2.57 bits per heavy atom. The molecular formula is C14H13ClN2O2S2. The van der Waals surface area contributed by atoms with Gasteiger partial charge in [-0.15, -0.1) is 11.3 Å². The molecule has 0 saturated heterocycles. The maximum atomic E-state index is 12.4. The molecule has 0 aliphatic heterocycles. The molecule has 1 N–H and O–H groups in total. The summed E-state index contributed by atoms with van der Waals surface area (Å²) in [6.45, 7) is 3.47. The molecule has 0 amide bonds. The van der Waals surface area contributed by atoms with E-state index in [-0.39, 0.29) is 10.9 Å². The molecule has 1 unspecified atom stereocenters. The van der Waals surface area contributed by atoms with Crippen LogP contribution in [0.25, 0.3) is 0 Å². The Morgan fingerprint density at radius 2 is 2.05 bits per heavy atom. The second kappa shape index (κ2) is 6.16. The van der Waals surface area contributed by atoms with Crippen LogP contribution in [0, 0.1) is 18.3 Å². The standard InChI is InChI=1S/C14H13ClN2O2S2/c1-9-7-12(4-3-11(9)8-16)21(18,19)17-10(2)13-5-6-14(15)20-13/h3-7,10,17H,1-2H3. The highest BCUT2D eigenvalue weighted by Gasteiger charge is 2.20. The van der Waals surface area contributed by atoms with Gasteiger partial charge in [0.15, 0.2) is 0 Å². The Morgan fingerprint density at radius 1 is 1.33 bits per heavy atom. The van der Waals surface area contributed by atoms with E-state index in [0.29, 0.717) is 15.5 Å². The van der Waals surface area contributed by atoms with E-state index in [9.17, 15) is 8.42 Å². The molecule has 2 aromatic rings. The molecule has 7 heteroatoms. The molecule has 21 heavy (non-hydrogen) atoms. The highest BCUT2D eigenvalue weighted by atomic mass is 35.5. The van der Waals surface area contributed by atoms with Crippen molar-refractivity contribution < 1.29 is 8.42 Å². The molecule has 4 nitrogen and oxygen atoms in total. The highest BCUT2D eigenvalue weighted by molar-refractivity contribution is 7.89. The van der Waals surface area contributed by atoms with Crippen molar-refractivity contribution in [3.05, 3.63) is 50.7 Å². The average Bonchev–Trinajstić information content (AvgIpc) is 2.85. The third-order valence-electron chi connectivity index (χ3n) is 2.98. The lowest BCUT2D eigenvalue weighted by Crippen LogP contribution is -2.26. The van der Waals surface area contributed by atoms with Gasteiger partial charge in [-0.2, -0.15) is 5.26 Å².